The minimum Gasteiger partial charge on any atom is -0.467 e. The Kier molecular flexibility index (Phi) is 5.87. The lowest BCUT2D eigenvalue weighted by Gasteiger charge is -2.31. The SMILES string of the molecule is C=CCC(NNC(=O)c1ccccc1)(C(=O)OC)c1ccccc1. The van der Waals surface area contributed by atoms with Crippen molar-refractivity contribution in [2.24, 2.45) is 0 Å². The minimum atomic E-state index is -1.25. The maximum atomic E-state index is 12.5. The van der Waals surface area contributed by atoms with Crippen LogP contribution in [0.1, 0.15) is 22.3 Å². The molecule has 0 saturated carbocycles. The van der Waals surface area contributed by atoms with Crippen molar-refractivity contribution >= 4 is 11.9 Å². The molecule has 0 spiro atoms. The summed E-state index contributed by atoms with van der Waals surface area (Å²) in [5.74, 6) is -0.856. The average Bonchev–Trinajstić information content (AvgIpc) is 2.65. The molecule has 0 aromatic heterocycles. The Hall–Kier alpha value is -2.92. The number of amides is 1. The Labute approximate surface area is 141 Å². The third-order valence-corrected chi connectivity index (χ3v) is 3.68. The van der Waals surface area contributed by atoms with Gasteiger partial charge in [0, 0.05) is 5.56 Å². The van der Waals surface area contributed by atoms with E-state index in [2.05, 4.69) is 17.4 Å². The summed E-state index contributed by atoms with van der Waals surface area (Å²) in [7, 11) is 1.31. The number of methoxy groups -OCH3 is 1. The van der Waals surface area contributed by atoms with Crippen LogP contribution in [0.15, 0.2) is 73.3 Å². The summed E-state index contributed by atoms with van der Waals surface area (Å²) < 4.78 is 4.96. The lowest BCUT2D eigenvalue weighted by Crippen LogP contribution is -2.57. The van der Waals surface area contributed by atoms with E-state index in [0.717, 1.165) is 0 Å². The molecular formula is C19H20N2O3. The van der Waals surface area contributed by atoms with Crippen molar-refractivity contribution < 1.29 is 14.3 Å². The molecule has 5 nitrogen and oxygen atoms in total. The van der Waals surface area contributed by atoms with Gasteiger partial charge in [0.05, 0.1) is 7.11 Å². The van der Waals surface area contributed by atoms with Gasteiger partial charge in [0.1, 0.15) is 0 Å². The van der Waals surface area contributed by atoms with Gasteiger partial charge in [0.2, 0.25) is 0 Å². The van der Waals surface area contributed by atoms with Crippen LogP contribution in [-0.4, -0.2) is 19.0 Å². The Bertz CT molecular complexity index is 701. The van der Waals surface area contributed by atoms with E-state index >= 15 is 0 Å². The highest BCUT2D eigenvalue weighted by Gasteiger charge is 2.40. The summed E-state index contributed by atoms with van der Waals surface area (Å²) in [4.78, 5) is 24.8. The molecule has 0 aliphatic carbocycles. The minimum absolute atomic E-state index is 0.249. The molecule has 0 aliphatic rings. The lowest BCUT2D eigenvalue weighted by molar-refractivity contribution is -0.149. The number of ether oxygens (including phenoxy) is 1. The molecular weight excluding hydrogens is 304 g/mol. The van der Waals surface area contributed by atoms with E-state index in [0.29, 0.717) is 11.1 Å². The average molecular weight is 324 g/mol. The number of benzene rings is 2. The second-order valence-corrected chi connectivity index (χ2v) is 5.20. The zero-order valence-corrected chi connectivity index (χ0v) is 13.5. The summed E-state index contributed by atoms with van der Waals surface area (Å²) in [6, 6.07) is 17.8. The second-order valence-electron chi connectivity index (χ2n) is 5.20. The van der Waals surface area contributed by atoms with Gasteiger partial charge in [-0.3, -0.25) is 10.2 Å². The van der Waals surface area contributed by atoms with Gasteiger partial charge in [0.25, 0.3) is 5.91 Å². The van der Waals surface area contributed by atoms with E-state index in [1.165, 1.54) is 7.11 Å². The molecule has 0 saturated heterocycles. The summed E-state index contributed by atoms with van der Waals surface area (Å²) in [5, 5.41) is 0. The first-order valence-corrected chi connectivity index (χ1v) is 7.51. The monoisotopic (exact) mass is 324 g/mol. The van der Waals surface area contributed by atoms with Crippen molar-refractivity contribution in [3.8, 4) is 0 Å². The fraction of sp³-hybridized carbons (Fsp3) is 0.158. The van der Waals surface area contributed by atoms with Gasteiger partial charge in [0.15, 0.2) is 5.54 Å². The molecule has 2 aromatic rings. The predicted molar refractivity (Wildman–Crippen MR) is 92.0 cm³/mol. The number of esters is 1. The maximum absolute atomic E-state index is 12.5. The van der Waals surface area contributed by atoms with Crippen molar-refractivity contribution in [2.75, 3.05) is 7.11 Å². The number of carbonyl (C=O) groups is 2. The Morgan fingerprint density at radius 3 is 2.21 bits per heavy atom. The van der Waals surface area contributed by atoms with Gasteiger partial charge < -0.3 is 4.74 Å². The van der Waals surface area contributed by atoms with E-state index in [-0.39, 0.29) is 12.3 Å². The van der Waals surface area contributed by atoms with Crippen LogP contribution in [-0.2, 0) is 15.1 Å². The molecule has 2 N–H and O–H groups in total. The topological polar surface area (TPSA) is 67.4 Å². The van der Waals surface area contributed by atoms with E-state index in [1.54, 1.807) is 42.5 Å². The molecule has 2 rings (SSSR count). The summed E-state index contributed by atoms with van der Waals surface area (Å²) >= 11 is 0. The van der Waals surface area contributed by atoms with Crippen LogP contribution in [0.4, 0.5) is 0 Å². The third-order valence-electron chi connectivity index (χ3n) is 3.68. The summed E-state index contributed by atoms with van der Waals surface area (Å²) in [5.41, 5.74) is 5.36. The zero-order chi connectivity index (χ0) is 17.4. The standard InChI is InChI=1S/C19H20N2O3/c1-3-14-19(18(23)24-2,16-12-8-5-9-13-16)21-20-17(22)15-10-6-4-7-11-15/h3-13,21H,1,14H2,2H3,(H,20,22). The van der Waals surface area contributed by atoms with Gasteiger partial charge in [-0.1, -0.05) is 54.6 Å². The molecule has 24 heavy (non-hydrogen) atoms. The fourth-order valence-corrected chi connectivity index (χ4v) is 2.43. The van der Waals surface area contributed by atoms with Crippen LogP contribution in [0, 0.1) is 0 Å². The Balaban J connectivity index is 2.30. The van der Waals surface area contributed by atoms with Crippen molar-refractivity contribution in [3.05, 3.63) is 84.4 Å². The molecule has 1 amide bonds. The van der Waals surface area contributed by atoms with Crippen molar-refractivity contribution in [2.45, 2.75) is 12.0 Å². The molecule has 0 aliphatic heterocycles. The predicted octanol–water partition coefficient (Wildman–Crippen LogP) is 2.57. The molecule has 1 unspecified atom stereocenters. The van der Waals surface area contributed by atoms with Gasteiger partial charge in [-0.25, -0.2) is 10.2 Å². The molecule has 0 bridgehead atoms. The fourth-order valence-electron chi connectivity index (χ4n) is 2.43. The molecule has 1 atom stereocenters. The summed E-state index contributed by atoms with van der Waals surface area (Å²) in [6.45, 7) is 3.71. The van der Waals surface area contributed by atoms with Crippen LogP contribution < -0.4 is 10.9 Å². The third kappa shape index (κ3) is 3.70. The van der Waals surface area contributed by atoms with E-state index < -0.39 is 11.5 Å². The van der Waals surface area contributed by atoms with E-state index in [1.807, 2.05) is 24.3 Å². The van der Waals surface area contributed by atoms with Gasteiger partial charge in [-0.2, -0.15) is 0 Å². The second kappa shape index (κ2) is 8.08. The molecule has 5 heteroatoms. The molecule has 0 heterocycles. The largest absolute Gasteiger partial charge is 0.467 e. The van der Waals surface area contributed by atoms with Gasteiger partial charge in [-0.15, -0.1) is 6.58 Å². The Morgan fingerprint density at radius 2 is 1.67 bits per heavy atom. The number of hydrazine groups is 1. The zero-order valence-electron chi connectivity index (χ0n) is 13.5. The normalized spacial score (nSPS) is 12.7. The highest BCUT2D eigenvalue weighted by Crippen LogP contribution is 2.26. The van der Waals surface area contributed by atoms with E-state index in [9.17, 15) is 9.59 Å². The lowest BCUT2D eigenvalue weighted by atomic mass is 9.87. The van der Waals surface area contributed by atoms with Gasteiger partial charge >= 0.3 is 5.97 Å². The maximum Gasteiger partial charge on any atom is 0.332 e. The first-order valence-electron chi connectivity index (χ1n) is 7.51. The molecule has 0 fully saturated rings. The number of nitrogens with one attached hydrogen (secondary N) is 2. The molecule has 124 valence electrons. The number of hydrogen-bond donors (Lipinski definition) is 2. The smallest absolute Gasteiger partial charge is 0.332 e. The van der Waals surface area contributed by atoms with Gasteiger partial charge in [-0.05, 0) is 24.1 Å². The molecule has 2 aromatic carbocycles. The van der Waals surface area contributed by atoms with E-state index in [4.69, 9.17) is 4.74 Å². The highest BCUT2D eigenvalue weighted by atomic mass is 16.5. The molecule has 0 radical (unpaired) electrons. The quantitative estimate of drug-likeness (QED) is 0.467. The first-order chi connectivity index (χ1) is 11.6. The van der Waals surface area contributed by atoms with Crippen LogP contribution in [0.2, 0.25) is 0 Å². The van der Waals surface area contributed by atoms with Crippen molar-refractivity contribution in [3.63, 3.8) is 0 Å². The van der Waals surface area contributed by atoms with Crippen molar-refractivity contribution in [1.82, 2.24) is 10.9 Å². The number of rotatable bonds is 7. The van der Waals surface area contributed by atoms with Crippen LogP contribution in [0.25, 0.3) is 0 Å². The number of hydrogen-bond acceptors (Lipinski definition) is 4. The van der Waals surface area contributed by atoms with Crippen LogP contribution >= 0.6 is 0 Å². The van der Waals surface area contributed by atoms with Crippen LogP contribution in [0.5, 0.6) is 0 Å². The first kappa shape index (κ1) is 17.4. The highest BCUT2D eigenvalue weighted by molar-refractivity contribution is 5.94. The summed E-state index contributed by atoms with van der Waals surface area (Å²) in [6.07, 6.45) is 1.85. The Morgan fingerprint density at radius 1 is 1.08 bits per heavy atom. The van der Waals surface area contributed by atoms with Crippen molar-refractivity contribution in [1.29, 1.82) is 0 Å². The van der Waals surface area contributed by atoms with Crippen LogP contribution in [0.3, 0.4) is 0 Å². The number of carbonyl (C=O) groups excluding carboxylic acids is 2.